The third-order valence-electron chi connectivity index (χ3n) is 5.74. The number of likely N-dealkylation sites (tertiary alicyclic amines) is 1. The zero-order valence-corrected chi connectivity index (χ0v) is 15.0. The van der Waals surface area contributed by atoms with E-state index >= 15 is 0 Å². The molecule has 26 heavy (non-hydrogen) atoms. The molecule has 1 saturated carbocycles. The van der Waals surface area contributed by atoms with Gasteiger partial charge in [-0.15, -0.1) is 0 Å². The lowest BCUT2D eigenvalue weighted by atomic mass is 9.83. The van der Waals surface area contributed by atoms with Gasteiger partial charge in [0.1, 0.15) is 6.10 Å². The molecule has 3 heterocycles. The monoisotopic (exact) mass is 362 g/mol. The van der Waals surface area contributed by atoms with Crippen molar-refractivity contribution in [1.29, 1.82) is 0 Å². The van der Waals surface area contributed by atoms with Crippen LogP contribution in [0.2, 0.25) is 0 Å². The SMILES string of the molecule is O=C(NCc1noc(C2CCCO2)n1)C1CCN(C(=O)C2CCC2)CC1. The van der Waals surface area contributed by atoms with Crippen LogP contribution in [0.3, 0.4) is 0 Å². The number of ether oxygens (including phenoxy) is 1. The van der Waals surface area contributed by atoms with Crippen molar-refractivity contribution in [2.24, 2.45) is 11.8 Å². The number of carbonyl (C=O) groups is 2. The first-order chi connectivity index (χ1) is 12.7. The minimum atomic E-state index is -0.107. The van der Waals surface area contributed by atoms with Gasteiger partial charge in [0.25, 0.3) is 5.89 Å². The third-order valence-corrected chi connectivity index (χ3v) is 5.74. The molecule has 1 atom stereocenters. The van der Waals surface area contributed by atoms with Gasteiger partial charge in [-0.3, -0.25) is 9.59 Å². The first-order valence-electron chi connectivity index (χ1n) is 9.71. The van der Waals surface area contributed by atoms with Crippen molar-refractivity contribution in [1.82, 2.24) is 20.4 Å². The third kappa shape index (κ3) is 3.75. The molecule has 8 heteroatoms. The highest BCUT2D eigenvalue weighted by Crippen LogP contribution is 2.30. The molecule has 2 aliphatic heterocycles. The van der Waals surface area contributed by atoms with E-state index in [0.29, 0.717) is 24.8 Å². The highest BCUT2D eigenvalue weighted by atomic mass is 16.5. The van der Waals surface area contributed by atoms with Gasteiger partial charge in [-0.2, -0.15) is 4.98 Å². The van der Waals surface area contributed by atoms with Crippen LogP contribution in [0.15, 0.2) is 4.52 Å². The number of aromatic nitrogens is 2. The van der Waals surface area contributed by atoms with E-state index in [0.717, 1.165) is 45.1 Å². The lowest BCUT2D eigenvalue weighted by Gasteiger charge is -2.36. The number of nitrogens with one attached hydrogen (secondary N) is 1. The molecular weight excluding hydrogens is 336 g/mol. The van der Waals surface area contributed by atoms with Gasteiger partial charge < -0.3 is 19.5 Å². The molecule has 1 N–H and O–H groups in total. The van der Waals surface area contributed by atoms with Gasteiger partial charge in [0.15, 0.2) is 5.82 Å². The van der Waals surface area contributed by atoms with Gasteiger partial charge in [0.2, 0.25) is 11.8 Å². The lowest BCUT2D eigenvalue weighted by Crippen LogP contribution is -2.46. The van der Waals surface area contributed by atoms with Crippen LogP contribution in [0, 0.1) is 11.8 Å². The van der Waals surface area contributed by atoms with Gasteiger partial charge in [0.05, 0.1) is 6.54 Å². The van der Waals surface area contributed by atoms with Gasteiger partial charge in [-0.25, -0.2) is 0 Å². The Kier molecular flexibility index (Phi) is 5.19. The molecule has 1 aromatic rings. The molecule has 8 nitrogen and oxygen atoms in total. The van der Waals surface area contributed by atoms with Crippen LogP contribution in [-0.4, -0.2) is 46.6 Å². The van der Waals surface area contributed by atoms with Crippen molar-refractivity contribution in [3.63, 3.8) is 0 Å². The summed E-state index contributed by atoms with van der Waals surface area (Å²) < 4.78 is 10.7. The van der Waals surface area contributed by atoms with E-state index in [1.807, 2.05) is 4.90 Å². The molecule has 2 amide bonds. The Labute approximate surface area is 152 Å². The van der Waals surface area contributed by atoms with E-state index in [4.69, 9.17) is 9.26 Å². The molecule has 4 rings (SSSR count). The summed E-state index contributed by atoms with van der Waals surface area (Å²) in [5.74, 6) is 1.44. The van der Waals surface area contributed by atoms with Crippen LogP contribution < -0.4 is 5.32 Å². The maximum absolute atomic E-state index is 12.4. The zero-order valence-electron chi connectivity index (χ0n) is 15.0. The van der Waals surface area contributed by atoms with Gasteiger partial charge in [0, 0.05) is 31.5 Å². The predicted octanol–water partition coefficient (Wildman–Crippen LogP) is 1.58. The van der Waals surface area contributed by atoms with E-state index in [1.54, 1.807) is 0 Å². The molecule has 142 valence electrons. The van der Waals surface area contributed by atoms with Crippen LogP contribution >= 0.6 is 0 Å². The van der Waals surface area contributed by atoms with E-state index in [2.05, 4.69) is 15.5 Å². The van der Waals surface area contributed by atoms with E-state index in [1.165, 1.54) is 6.42 Å². The average Bonchev–Trinajstić information content (AvgIpc) is 3.29. The zero-order chi connectivity index (χ0) is 17.9. The molecule has 0 aromatic carbocycles. The van der Waals surface area contributed by atoms with Crippen LogP contribution in [0.4, 0.5) is 0 Å². The Morgan fingerprint density at radius 1 is 1.08 bits per heavy atom. The topological polar surface area (TPSA) is 97.6 Å². The Balaban J connectivity index is 1.21. The maximum atomic E-state index is 12.4. The fraction of sp³-hybridized carbons (Fsp3) is 0.778. The standard InChI is InChI=1S/C18H26N4O4/c23-16(12-6-8-22(9-7-12)18(24)13-3-1-4-13)19-11-15-20-17(26-21-15)14-5-2-10-25-14/h12-14H,1-11H2,(H,19,23). The molecule has 1 aromatic heterocycles. The normalized spacial score (nSPS) is 24.5. The molecular formula is C18H26N4O4. The number of rotatable bonds is 5. The summed E-state index contributed by atoms with van der Waals surface area (Å²) in [4.78, 5) is 30.9. The highest BCUT2D eigenvalue weighted by molar-refractivity contribution is 5.81. The summed E-state index contributed by atoms with van der Waals surface area (Å²) in [6, 6.07) is 0. The molecule has 3 fully saturated rings. The number of piperidine rings is 1. The van der Waals surface area contributed by atoms with E-state index in [-0.39, 0.29) is 36.3 Å². The van der Waals surface area contributed by atoms with Crippen molar-refractivity contribution >= 4 is 11.8 Å². The summed E-state index contributed by atoms with van der Waals surface area (Å²) in [7, 11) is 0. The fourth-order valence-corrected chi connectivity index (χ4v) is 3.83. The Bertz CT molecular complexity index is 643. The van der Waals surface area contributed by atoms with Crippen LogP contribution in [-0.2, 0) is 20.9 Å². The molecule has 2 saturated heterocycles. The van der Waals surface area contributed by atoms with Crippen LogP contribution in [0.1, 0.15) is 62.8 Å². The van der Waals surface area contributed by atoms with Crippen molar-refractivity contribution in [3.05, 3.63) is 11.7 Å². The molecule has 0 spiro atoms. The quantitative estimate of drug-likeness (QED) is 0.854. The number of carbonyl (C=O) groups excluding carboxylic acids is 2. The maximum Gasteiger partial charge on any atom is 0.255 e. The van der Waals surface area contributed by atoms with Gasteiger partial charge in [-0.1, -0.05) is 11.6 Å². The minimum absolute atomic E-state index is 0.00390. The highest BCUT2D eigenvalue weighted by Gasteiger charge is 2.33. The van der Waals surface area contributed by atoms with Crippen molar-refractivity contribution < 1.29 is 18.8 Å². The van der Waals surface area contributed by atoms with Crippen molar-refractivity contribution in [2.75, 3.05) is 19.7 Å². The first-order valence-corrected chi connectivity index (χ1v) is 9.71. The number of hydrogen-bond donors (Lipinski definition) is 1. The molecule has 0 radical (unpaired) electrons. The second-order valence-electron chi connectivity index (χ2n) is 7.50. The number of hydrogen-bond acceptors (Lipinski definition) is 6. The summed E-state index contributed by atoms with van der Waals surface area (Å²) in [6.45, 7) is 2.34. The Morgan fingerprint density at radius 2 is 1.88 bits per heavy atom. The lowest BCUT2D eigenvalue weighted by molar-refractivity contribution is -0.141. The molecule has 3 aliphatic rings. The molecule has 1 aliphatic carbocycles. The van der Waals surface area contributed by atoms with Crippen LogP contribution in [0.5, 0.6) is 0 Å². The Morgan fingerprint density at radius 3 is 2.54 bits per heavy atom. The summed E-state index contributed by atoms with van der Waals surface area (Å²) in [5, 5.41) is 6.81. The minimum Gasteiger partial charge on any atom is -0.368 e. The summed E-state index contributed by atoms with van der Waals surface area (Å²) in [6.07, 6.45) is 6.45. The number of amides is 2. The molecule has 1 unspecified atom stereocenters. The van der Waals surface area contributed by atoms with E-state index < -0.39 is 0 Å². The Hall–Kier alpha value is -1.96. The van der Waals surface area contributed by atoms with Gasteiger partial charge >= 0.3 is 0 Å². The largest absolute Gasteiger partial charge is 0.368 e. The van der Waals surface area contributed by atoms with E-state index in [9.17, 15) is 9.59 Å². The summed E-state index contributed by atoms with van der Waals surface area (Å²) >= 11 is 0. The fourth-order valence-electron chi connectivity index (χ4n) is 3.83. The van der Waals surface area contributed by atoms with Gasteiger partial charge in [-0.05, 0) is 38.5 Å². The first kappa shape index (κ1) is 17.5. The smallest absolute Gasteiger partial charge is 0.255 e. The second-order valence-corrected chi connectivity index (χ2v) is 7.50. The summed E-state index contributed by atoms with van der Waals surface area (Å²) in [5.41, 5.74) is 0. The van der Waals surface area contributed by atoms with Crippen molar-refractivity contribution in [3.8, 4) is 0 Å². The van der Waals surface area contributed by atoms with Crippen LogP contribution in [0.25, 0.3) is 0 Å². The predicted molar refractivity (Wildman–Crippen MR) is 90.7 cm³/mol. The average molecular weight is 362 g/mol. The molecule has 0 bridgehead atoms. The van der Waals surface area contributed by atoms with Crippen molar-refractivity contribution in [2.45, 2.75) is 57.6 Å². The number of nitrogens with zero attached hydrogens (tertiary/aromatic N) is 3. The second kappa shape index (κ2) is 7.73.